The van der Waals surface area contributed by atoms with Gasteiger partial charge < -0.3 is 0 Å². The number of carbonyl (C=O) groups excluding carboxylic acids is 1. The van der Waals surface area contributed by atoms with E-state index in [0.717, 1.165) is 11.7 Å². The number of aryl methyl sites for hydroxylation is 1. The van der Waals surface area contributed by atoms with E-state index in [4.69, 9.17) is 23.2 Å². The normalized spacial score (nSPS) is 11.6. The van der Waals surface area contributed by atoms with E-state index in [1.165, 1.54) is 0 Å². The standard InChI is InChI=1S/C12H15Cl2OP/c1-7(2)6-16-12(15)10-9(13)5-4-8(3)11(10)14/h4-5,7,16H,6H2,1-3H3. The maximum absolute atomic E-state index is 12.0. The van der Waals surface area contributed by atoms with Crippen molar-refractivity contribution in [1.82, 2.24) is 0 Å². The smallest absolute Gasteiger partial charge is 0.184 e. The molecule has 0 aliphatic carbocycles. The average Bonchev–Trinajstić information content (AvgIpc) is 2.21. The van der Waals surface area contributed by atoms with Gasteiger partial charge in [-0.25, -0.2) is 0 Å². The molecule has 0 aromatic heterocycles. The maximum Gasteiger partial charge on any atom is 0.184 e. The van der Waals surface area contributed by atoms with Gasteiger partial charge in [-0.2, -0.15) is 0 Å². The summed E-state index contributed by atoms with van der Waals surface area (Å²) in [5.41, 5.74) is 1.44. The number of benzene rings is 1. The Bertz CT molecular complexity index is 402. The molecule has 0 bridgehead atoms. The number of carbonyl (C=O) groups is 1. The van der Waals surface area contributed by atoms with Crippen LogP contribution in [0.3, 0.4) is 0 Å². The lowest BCUT2D eigenvalue weighted by molar-refractivity contribution is 0.108. The van der Waals surface area contributed by atoms with E-state index in [0.29, 0.717) is 21.5 Å². The van der Waals surface area contributed by atoms with Gasteiger partial charge in [-0.05, 0) is 39.2 Å². The molecule has 1 unspecified atom stereocenters. The zero-order chi connectivity index (χ0) is 12.3. The molecule has 0 fully saturated rings. The first-order valence-corrected chi connectivity index (χ1v) is 7.12. The van der Waals surface area contributed by atoms with Gasteiger partial charge in [0.1, 0.15) is 0 Å². The van der Waals surface area contributed by atoms with Crippen LogP contribution in [0.4, 0.5) is 0 Å². The van der Waals surface area contributed by atoms with Crippen molar-refractivity contribution in [3.05, 3.63) is 33.3 Å². The summed E-state index contributed by atoms with van der Waals surface area (Å²) < 4.78 is 0. The quantitative estimate of drug-likeness (QED) is 0.724. The fraction of sp³-hybridized carbons (Fsp3) is 0.417. The minimum atomic E-state index is 0.0624. The molecule has 1 atom stereocenters. The molecule has 0 N–H and O–H groups in total. The third-order valence-electron chi connectivity index (χ3n) is 2.18. The van der Waals surface area contributed by atoms with Crippen molar-refractivity contribution in [3.8, 4) is 0 Å². The van der Waals surface area contributed by atoms with Crippen molar-refractivity contribution in [2.24, 2.45) is 5.92 Å². The van der Waals surface area contributed by atoms with Crippen molar-refractivity contribution in [3.63, 3.8) is 0 Å². The Kier molecular flexibility index (Phi) is 5.24. The van der Waals surface area contributed by atoms with Gasteiger partial charge in [-0.3, -0.25) is 4.79 Å². The largest absolute Gasteiger partial charge is 0.289 e. The van der Waals surface area contributed by atoms with Crippen LogP contribution in [0.2, 0.25) is 10.0 Å². The Morgan fingerprint density at radius 1 is 1.38 bits per heavy atom. The molecular formula is C12H15Cl2OP. The molecule has 0 heterocycles. The second-order valence-corrected chi connectivity index (χ2v) is 6.16. The highest BCUT2D eigenvalue weighted by Crippen LogP contribution is 2.33. The highest BCUT2D eigenvalue weighted by molar-refractivity contribution is 7.58. The molecule has 88 valence electrons. The molecule has 1 aromatic rings. The molecule has 0 saturated carbocycles. The Morgan fingerprint density at radius 2 is 2.00 bits per heavy atom. The zero-order valence-corrected chi connectivity index (χ0v) is 12.1. The molecule has 0 aliphatic rings. The van der Waals surface area contributed by atoms with Crippen LogP contribution in [-0.4, -0.2) is 11.7 Å². The molecule has 1 rings (SSSR count). The van der Waals surface area contributed by atoms with E-state index in [1.807, 2.05) is 13.0 Å². The lowest BCUT2D eigenvalue weighted by atomic mass is 10.1. The van der Waals surface area contributed by atoms with E-state index >= 15 is 0 Å². The van der Waals surface area contributed by atoms with Crippen LogP contribution in [0.15, 0.2) is 12.1 Å². The first-order valence-electron chi connectivity index (χ1n) is 5.16. The SMILES string of the molecule is Cc1ccc(Cl)c(C(=O)PCC(C)C)c1Cl. The van der Waals surface area contributed by atoms with E-state index in [1.54, 1.807) is 6.07 Å². The lowest BCUT2D eigenvalue weighted by Gasteiger charge is -2.09. The molecule has 1 nitrogen and oxygen atoms in total. The highest BCUT2D eigenvalue weighted by atomic mass is 35.5. The summed E-state index contributed by atoms with van der Waals surface area (Å²) in [5.74, 6) is 0.518. The predicted octanol–water partition coefficient (Wildman–Crippen LogP) is 4.78. The molecule has 16 heavy (non-hydrogen) atoms. The van der Waals surface area contributed by atoms with E-state index < -0.39 is 0 Å². The molecule has 0 aliphatic heterocycles. The summed E-state index contributed by atoms with van der Waals surface area (Å²) >= 11 is 12.1. The Hall–Kier alpha value is -0.100. The van der Waals surface area contributed by atoms with Crippen LogP contribution >= 0.6 is 31.8 Å². The number of halogens is 2. The van der Waals surface area contributed by atoms with Crippen LogP contribution in [-0.2, 0) is 0 Å². The van der Waals surface area contributed by atoms with Crippen molar-refractivity contribution in [2.75, 3.05) is 6.16 Å². The fourth-order valence-corrected chi connectivity index (χ4v) is 2.98. The summed E-state index contributed by atoms with van der Waals surface area (Å²) in [4.78, 5) is 12.0. The van der Waals surface area contributed by atoms with Gasteiger partial charge >= 0.3 is 0 Å². The van der Waals surface area contributed by atoms with Gasteiger partial charge in [0.25, 0.3) is 0 Å². The topological polar surface area (TPSA) is 17.1 Å². The van der Waals surface area contributed by atoms with Gasteiger partial charge in [-0.15, -0.1) is 0 Å². The number of hydrogen-bond acceptors (Lipinski definition) is 1. The molecule has 4 heteroatoms. The van der Waals surface area contributed by atoms with Gasteiger partial charge in [0.15, 0.2) is 5.52 Å². The van der Waals surface area contributed by atoms with Crippen molar-refractivity contribution >= 4 is 37.3 Å². The third-order valence-corrected chi connectivity index (χ3v) is 4.58. The average molecular weight is 277 g/mol. The number of rotatable bonds is 4. The summed E-state index contributed by atoms with van der Waals surface area (Å²) in [5, 5.41) is 0.950. The van der Waals surface area contributed by atoms with Crippen LogP contribution in [0, 0.1) is 12.8 Å². The van der Waals surface area contributed by atoms with Gasteiger partial charge in [0, 0.05) is 0 Å². The Labute approximate surface area is 108 Å². The second kappa shape index (κ2) is 6.00. The van der Waals surface area contributed by atoms with Gasteiger partial charge in [0.05, 0.1) is 15.6 Å². The first-order chi connectivity index (χ1) is 7.43. The summed E-state index contributed by atoms with van der Waals surface area (Å²) in [6.07, 6.45) is 0.888. The second-order valence-electron chi connectivity index (χ2n) is 4.16. The fourth-order valence-electron chi connectivity index (χ4n) is 1.25. The molecule has 0 radical (unpaired) electrons. The first kappa shape index (κ1) is 14.0. The lowest BCUT2D eigenvalue weighted by Crippen LogP contribution is -1.99. The highest BCUT2D eigenvalue weighted by Gasteiger charge is 2.16. The third kappa shape index (κ3) is 3.45. The Morgan fingerprint density at radius 3 is 2.56 bits per heavy atom. The van der Waals surface area contributed by atoms with Crippen molar-refractivity contribution in [1.29, 1.82) is 0 Å². The van der Waals surface area contributed by atoms with Gasteiger partial charge in [0.2, 0.25) is 0 Å². The maximum atomic E-state index is 12.0. The molecule has 0 spiro atoms. The summed E-state index contributed by atoms with van der Waals surface area (Å²) in [6, 6.07) is 3.56. The molecule has 0 saturated heterocycles. The van der Waals surface area contributed by atoms with Crippen molar-refractivity contribution < 1.29 is 4.79 Å². The zero-order valence-electron chi connectivity index (χ0n) is 9.60. The van der Waals surface area contributed by atoms with E-state index in [2.05, 4.69) is 13.8 Å². The van der Waals surface area contributed by atoms with Crippen molar-refractivity contribution in [2.45, 2.75) is 20.8 Å². The minimum Gasteiger partial charge on any atom is -0.289 e. The summed E-state index contributed by atoms with van der Waals surface area (Å²) in [7, 11) is 0.245. The van der Waals surface area contributed by atoms with Crippen LogP contribution in [0.25, 0.3) is 0 Å². The Balaban J connectivity index is 2.95. The monoisotopic (exact) mass is 276 g/mol. The molecule has 0 amide bonds. The van der Waals surface area contributed by atoms with Gasteiger partial charge in [-0.1, -0.05) is 43.1 Å². The predicted molar refractivity (Wildman–Crippen MR) is 73.5 cm³/mol. The summed E-state index contributed by atoms with van der Waals surface area (Å²) in [6.45, 7) is 6.07. The van der Waals surface area contributed by atoms with Crippen LogP contribution in [0.5, 0.6) is 0 Å². The van der Waals surface area contributed by atoms with E-state index in [9.17, 15) is 4.79 Å². The van der Waals surface area contributed by atoms with Crippen LogP contribution < -0.4 is 0 Å². The molecular weight excluding hydrogens is 262 g/mol. The molecule has 1 aromatic carbocycles. The number of hydrogen-bond donors (Lipinski definition) is 0. The van der Waals surface area contributed by atoms with Crippen LogP contribution in [0.1, 0.15) is 29.8 Å². The minimum absolute atomic E-state index is 0.0624. The van der Waals surface area contributed by atoms with E-state index in [-0.39, 0.29) is 14.1 Å².